The van der Waals surface area contributed by atoms with Crippen molar-refractivity contribution in [3.05, 3.63) is 42.5 Å². The van der Waals surface area contributed by atoms with Crippen molar-refractivity contribution in [2.24, 2.45) is 0 Å². The average molecular weight is 413 g/mol. The van der Waals surface area contributed by atoms with Crippen LogP contribution >= 0.6 is 11.8 Å². The van der Waals surface area contributed by atoms with Crippen molar-refractivity contribution in [2.45, 2.75) is 75.2 Å². The van der Waals surface area contributed by atoms with Gasteiger partial charge in [0.05, 0.1) is 5.25 Å². The van der Waals surface area contributed by atoms with Crippen molar-refractivity contribution in [1.82, 2.24) is 20.1 Å². The molecule has 1 heterocycles. The SMILES string of the molecule is C=CCNC(=O)[C@@H](C)Sc1nnc(-c2ccc(C(C)(C)C)cc2)n1C1CCCC1. The molecule has 1 aromatic carbocycles. The Bertz CT molecular complexity index is 845. The highest BCUT2D eigenvalue weighted by molar-refractivity contribution is 8.00. The summed E-state index contributed by atoms with van der Waals surface area (Å²) in [6.07, 6.45) is 6.41. The molecule has 0 radical (unpaired) electrons. The summed E-state index contributed by atoms with van der Waals surface area (Å²) in [5, 5.41) is 12.5. The number of hydrogen-bond donors (Lipinski definition) is 1. The minimum atomic E-state index is -0.240. The fraction of sp³-hybridized carbons (Fsp3) is 0.522. The third kappa shape index (κ3) is 5.10. The van der Waals surface area contributed by atoms with Gasteiger partial charge in [-0.05, 0) is 30.7 Å². The van der Waals surface area contributed by atoms with Crippen LogP contribution < -0.4 is 5.32 Å². The van der Waals surface area contributed by atoms with Crippen LogP contribution in [0.1, 0.15) is 65.0 Å². The number of thioether (sulfide) groups is 1. The van der Waals surface area contributed by atoms with Crippen LogP contribution in [0.3, 0.4) is 0 Å². The summed E-state index contributed by atoms with van der Waals surface area (Å²) < 4.78 is 2.26. The summed E-state index contributed by atoms with van der Waals surface area (Å²) in [7, 11) is 0. The van der Waals surface area contributed by atoms with Gasteiger partial charge < -0.3 is 5.32 Å². The zero-order chi connectivity index (χ0) is 21.0. The van der Waals surface area contributed by atoms with Crippen molar-refractivity contribution in [3.8, 4) is 11.4 Å². The van der Waals surface area contributed by atoms with E-state index in [1.54, 1.807) is 6.08 Å². The van der Waals surface area contributed by atoms with Crippen molar-refractivity contribution in [3.63, 3.8) is 0 Å². The number of aromatic nitrogens is 3. The van der Waals surface area contributed by atoms with Gasteiger partial charge in [0, 0.05) is 18.2 Å². The zero-order valence-corrected chi connectivity index (χ0v) is 18.8. The van der Waals surface area contributed by atoms with Gasteiger partial charge in [-0.1, -0.05) is 75.7 Å². The molecule has 1 saturated carbocycles. The number of rotatable bonds is 7. The molecule has 0 spiro atoms. The van der Waals surface area contributed by atoms with Crippen LogP contribution in [-0.2, 0) is 10.2 Å². The maximum Gasteiger partial charge on any atom is 0.233 e. The van der Waals surface area contributed by atoms with E-state index in [-0.39, 0.29) is 16.6 Å². The average Bonchev–Trinajstić information content (AvgIpc) is 3.35. The maximum absolute atomic E-state index is 12.3. The number of benzene rings is 1. The standard InChI is InChI=1S/C23H32N4OS/c1-6-15-24-21(28)16(2)29-22-26-25-20(27(22)19-9-7-8-10-19)17-11-13-18(14-12-17)23(3,4)5/h6,11-14,16,19H,1,7-10,15H2,2-5H3,(H,24,28)/t16-/m1/s1. The van der Waals surface area contributed by atoms with E-state index in [4.69, 9.17) is 0 Å². The molecule has 1 atom stereocenters. The van der Waals surface area contributed by atoms with Gasteiger partial charge in [-0.3, -0.25) is 9.36 Å². The second-order valence-corrected chi connectivity index (χ2v) is 10.0. The molecule has 3 rings (SSSR count). The molecular weight excluding hydrogens is 380 g/mol. The molecular formula is C23H32N4OS. The molecule has 0 aliphatic heterocycles. The van der Waals surface area contributed by atoms with Crippen LogP contribution in [0.4, 0.5) is 0 Å². The zero-order valence-electron chi connectivity index (χ0n) is 17.9. The van der Waals surface area contributed by atoms with Crippen molar-refractivity contribution < 1.29 is 4.79 Å². The second kappa shape index (κ2) is 9.16. The van der Waals surface area contributed by atoms with Crippen LogP contribution in [0, 0.1) is 0 Å². The summed E-state index contributed by atoms with van der Waals surface area (Å²) in [5.74, 6) is 0.894. The molecule has 1 aromatic heterocycles. The summed E-state index contributed by atoms with van der Waals surface area (Å²) in [4.78, 5) is 12.3. The molecule has 1 aliphatic carbocycles. The molecule has 29 heavy (non-hydrogen) atoms. The van der Waals surface area contributed by atoms with Gasteiger partial charge in [0.25, 0.3) is 0 Å². The number of nitrogens with one attached hydrogen (secondary N) is 1. The number of hydrogen-bond acceptors (Lipinski definition) is 4. The van der Waals surface area contributed by atoms with Crippen LogP contribution in [0.5, 0.6) is 0 Å². The molecule has 0 unspecified atom stereocenters. The van der Waals surface area contributed by atoms with Crippen molar-refractivity contribution in [2.75, 3.05) is 6.54 Å². The summed E-state index contributed by atoms with van der Waals surface area (Å²) >= 11 is 1.48. The Morgan fingerprint density at radius 2 is 1.93 bits per heavy atom. The Morgan fingerprint density at radius 3 is 2.52 bits per heavy atom. The smallest absolute Gasteiger partial charge is 0.233 e. The van der Waals surface area contributed by atoms with Gasteiger partial charge in [0.15, 0.2) is 11.0 Å². The lowest BCUT2D eigenvalue weighted by Crippen LogP contribution is -2.31. The summed E-state index contributed by atoms with van der Waals surface area (Å²) in [5.41, 5.74) is 2.50. The molecule has 5 nitrogen and oxygen atoms in total. The first-order chi connectivity index (χ1) is 13.8. The Hall–Kier alpha value is -2.08. The van der Waals surface area contributed by atoms with Gasteiger partial charge in [0.2, 0.25) is 5.91 Å². The fourth-order valence-electron chi connectivity index (χ4n) is 3.69. The first kappa shape index (κ1) is 21.6. The molecule has 0 saturated heterocycles. The normalized spacial score (nSPS) is 16.0. The molecule has 0 bridgehead atoms. The lowest BCUT2D eigenvalue weighted by molar-refractivity contribution is -0.120. The van der Waals surface area contributed by atoms with Gasteiger partial charge in [0.1, 0.15) is 0 Å². The Balaban J connectivity index is 1.90. The molecule has 6 heteroatoms. The predicted octanol–water partition coefficient (Wildman–Crippen LogP) is 5.14. The van der Waals surface area contributed by atoms with Crippen LogP contribution in [-0.4, -0.2) is 32.5 Å². The minimum absolute atomic E-state index is 0.00745. The van der Waals surface area contributed by atoms with Gasteiger partial charge in [-0.25, -0.2) is 0 Å². The van der Waals surface area contributed by atoms with Crippen molar-refractivity contribution in [1.29, 1.82) is 0 Å². The Morgan fingerprint density at radius 1 is 1.28 bits per heavy atom. The monoisotopic (exact) mass is 412 g/mol. The number of carbonyl (C=O) groups excluding carboxylic acids is 1. The van der Waals surface area contributed by atoms with E-state index in [2.05, 4.69) is 71.7 Å². The van der Waals surface area contributed by atoms with E-state index in [1.165, 1.54) is 30.2 Å². The second-order valence-electron chi connectivity index (χ2n) is 8.74. The highest BCUT2D eigenvalue weighted by Crippen LogP contribution is 2.38. The third-order valence-corrected chi connectivity index (χ3v) is 6.49. The lowest BCUT2D eigenvalue weighted by atomic mass is 9.86. The first-order valence-corrected chi connectivity index (χ1v) is 11.3. The maximum atomic E-state index is 12.3. The topological polar surface area (TPSA) is 59.8 Å². The summed E-state index contributed by atoms with van der Waals surface area (Å²) in [6, 6.07) is 9.05. The van der Waals surface area contributed by atoms with E-state index >= 15 is 0 Å². The van der Waals surface area contributed by atoms with E-state index < -0.39 is 0 Å². The van der Waals surface area contributed by atoms with Crippen LogP contribution in [0.25, 0.3) is 11.4 Å². The number of nitrogens with zero attached hydrogens (tertiary/aromatic N) is 3. The van der Waals surface area contributed by atoms with E-state index in [0.29, 0.717) is 12.6 Å². The molecule has 1 aliphatic rings. The van der Waals surface area contributed by atoms with Crippen molar-refractivity contribution >= 4 is 17.7 Å². The van der Waals surface area contributed by atoms with E-state index in [9.17, 15) is 4.79 Å². The van der Waals surface area contributed by atoms with Crippen LogP contribution in [0.2, 0.25) is 0 Å². The fourth-order valence-corrected chi connectivity index (χ4v) is 4.64. The third-order valence-electron chi connectivity index (χ3n) is 5.44. The van der Waals surface area contributed by atoms with Gasteiger partial charge in [-0.15, -0.1) is 16.8 Å². The van der Waals surface area contributed by atoms with E-state index in [1.807, 2.05) is 6.92 Å². The molecule has 156 valence electrons. The quantitative estimate of drug-likeness (QED) is 0.505. The summed E-state index contributed by atoms with van der Waals surface area (Å²) in [6.45, 7) is 12.7. The van der Waals surface area contributed by atoms with Gasteiger partial charge in [-0.2, -0.15) is 0 Å². The minimum Gasteiger partial charge on any atom is -0.352 e. The number of amides is 1. The largest absolute Gasteiger partial charge is 0.352 e. The highest BCUT2D eigenvalue weighted by atomic mass is 32.2. The first-order valence-electron chi connectivity index (χ1n) is 10.4. The van der Waals surface area contributed by atoms with E-state index in [0.717, 1.165) is 29.4 Å². The van der Waals surface area contributed by atoms with Crippen LogP contribution in [0.15, 0.2) is 42.1 Å². The molecule has 1 amide bonds. The Kier molecular flexibility index (Phi) is 6.83. The molecule has 2 aromatic rings. The Labute approximate surface area is 178 Å². The number of carbonyl (C=O) groups is 1. The molecule has 1 N–H and O–H groups in total. The molecule has 1 fully saturated rings. The lowest BCUT2D eigenvalue weighted by Gasteiger charge is -2.20. The van der Waals surface area contributed by atoms with Gasteiger partial charge >= 0.3 is 0 Å². The predicted molar refractivity (Wildman–Crippen MR) is 120 cm³/mol. The highest BCUT2D eigenvalue weighted by Gasteiger charge is 2.27.